The predicted octanol–water partition coefficient (Wildman–Crippen LogP) is 1.12. The Balaban J connectivity index is 1.95. The van der Waals surface area contributed by atoms with Crippen molar-refractivity contribution in [3.63, 3.8) is 0 Å². The Labute approximate surface area is 163 Å². The molecule has 0 amide bonds. The second-order valence-electron chi connectivity index (χ2n) is 5.97. The molecule has 10 nitrogen and oxygen atoms in total. The number of hydrogen-bond acceptors (Lipinski definition) is 8. The summed E-state index contributed by atoms with van der Waals surface area (Å²) in [5, 5.41) is 9.15. The molecule has 0 fully saturated rings. The van der Waals surface area contributed by atoms with E-state index in [0.29, 0.717) is 29.6 Å². The van der Waals surface area contributed by atoms with Crippen LogP contribution in [0.25, 0.3) is 11.0 Å². The highest BCUT2D eigenvalue weighted by atomic mass is 32.2. The maximum Gasteiger partial charge on any atom is 0.240 e. The fourth-order valence-corrected chi connectivity index (χ4v) is 4.07. The standard InChI is InChI=1S/C17H24N8O2S/c1-19-13-14-12(15(18)24-16(13)20-2)23-17(21-3)25(14)10-9-22-28(26,27)11-7-5-4-6-8-11/h4-8,19,22H,9-10H2,1-3H3,(H,21,23)(H3,18,20,24). The zero-order valence-corrected chi connectivity index (χ0v) is 16.8. The largest absolute Gasteiger partial charge is 0.383 e. The Morgan fingerprint density at radius 1 is 1.04 bits per heavy atom. The Hall–Kier alpha value is -3.05. The lowest BCUT2D eigenvalue weighted by atomic mass is 10.3. The first-order valence-electron chi connectivity index (χ1n) is 8.70. The molecule has 0 saturated heterocycles. The van der Waals surface area contributed by atoms with Crippen LogP contribution in [0.15, 0.2) is 35.2 Å². The molecule has 0 spiro atoms. The Bertz CT molecular complexity index is 1080. The van der Waals surface area contributed by atoms with Gasteiger partial charge >= 0.3 is 0 Å². The molecular formula is C17H24N8O2S. The van der Waals surface area contributed by atoms with Crippen molar-refractivity contribution in [3.8, 4) is 0 Å². The van der Waals surface area contributed by atoms with E-state index in [-0.39, 0.29) is 11.4 Å². The van der Waals surface area contributed by atoms with Crippen molar-refractivity contribution in [3.05, 3.63) is 30.3 Å². The number of nitrogens with zero attached hydrogens (tertiary/aromatic N) is 3. The molecule has 0 aliphatic heterocycles. The van der Waals surface area contributed by atoms with Crippen LogP contribution in [0.2, 0.25) is 0 Å². The van der Waals surface area contributed by atoms with Crippen LogP contribution >= 0.6 is 0 Å². The van der Waals surface area contributed by atoms with Gasteiger partial charge in [-0.3, -0.25) is 0 Å². The van der Waals surface area contributed by atoms with E-state index in [4.69, 9.17) is 5.73 Å². The lowest BCUT2D eigenvalue weighted by Gasteiger charge is -2.14. The van der Waals surface area contributed by atoms with Crippen LogP contribution in [-0.2, 0) is 16.6 Å². The Morgan fingerprint density at radius 2 is 1.75 bits per heavy atom. The van der Waals surface area contributed by atoms with Crippen LogP contribution < -0.4 is 26.4 Å². The van der Waals surface area contributed by atoms with Gasteiger partial charge in [-0.05, 0) is 12.1 Å². The molecule has 0 unspecified atom stereocenters. The zero-order valence-electron chi connectivity index (χ0n) is 15.9. The van der Waals surface area contributed by atoms with E-state index in [9.17, 15) is 8.42 Å². The summed E-state index contributed by atoms with van der Waals surface area (Å²) in [7, 11) is 1.68. The van der Waals surface area contributed by atoms with E-state index >= 15 is 0 Å². The maximum absolute atomic E-state index is 12.5. The average Bonchev–Trinajstić information content (AvgIpc) is 3.07. The number of rotatable bonds is 8. The first-order chi connectivity index (χ1) is 13.4. The first kappa shape index (κ1) is 19.7. The summed E-state index contributed by atoms with van der Waals surface area (Å²) in [6, 6.07) is 8.25. The summed E-state index contributed by atoms with van der Waals surface area (Å²) in [5.41, 5.74) is 8.08. The number of pyridine rings is 1. The summed E-state index contributed by atoms with van der Waals surface area (Å²) in [5.74, 6) is 1.44. The number of imidazole rings is 1. The molecule has 0 atom stereocenters. The molecule has 0 radical (unpaired) electrons. The Kier molecular flexibility index (Phi) is 5.56. The van der Waals surface area contributed by atoms with Crippen LogP contribution in [0.5, 0.6) is 0 Å². The predicted molar refractivity (Wildman–Crippen MR) is 112 cm³/mol. The molecule has 0 bridgehead atoms. The monoisotopic (exact) mass is 404 g/mol. The molecule has 1 aromatic carbocycles. The maximum atomic E-state index is 12.5. The van der Waals surface area contributed by atoms with Gasteiger partial charge in [0, 0.05) is 34.2 Å². The third-order valence-corrected chi connectivity index (χ3v) is 5.78. The summed E-state index contributed by atoms with van der Waals surface area (Å²) in [6.45, 7) is 0.525. The number of benzene rings is 1. The molecule has 0 saturated carbocycles. The first-order valence-corrected chi connectivity index (χ1v) is 10.2. The second kappa shape index (κ2) is 7.90. The third-order valence-electron chi connectivity index (χ3n) is 4.31. The van der Waals surface area contributed by atoms with Crippen LogP contribution in [0, 0.1) is 0 Å². The molecule has 28 heavy (non-hydrogen) atoms. The normalized spacial score (nSPS) is 11.5. The van der Waals surface area contributed by atoms with Crippen molar-refractivity contribution in [1.82, 2.24) is 19.3 Å². The van der Waals surface area contributed by atoms with Crippen molar-refractivity contribution in [2.24, 2.45) is 0 Å². The van der Waals surface area contributed by atoms with Gasteiger partial charge in [-0.1, -0.05) is 18.2 Å². The number of anilines is 4. The molecule has 2 aromatic heterocycles. The number of fused-ring (bicyclic) bond motifs is 1. The number of nitrogens with one attached hydrogen (secondary N) is 4. The Morgan fingerprint density at radius 3 is 2.36 bits per heavy atom. The summed E-state index contributed by atoms with van der Waals surface area (Å²) in [6.07, 6.45) is 0. The molecule has 0 aliphatic carbocycles. The molecule has 0 aliphatic rings. The third kappa shape index (κ3) is 3.53. The zero-order chi connectivity index (χ0) is 20.3. The van der Waals surface area contributed by atoms with E-state index in [2.05, 4.69) is 30.6 Å². The van der Waals surface area contributed by atoms with Crippen molar-refractivity contribution in [2.45, 2.75) is 11.4 Å². The van der Waals surface area contributed by atoms with Gasteiger partial charge in [-0.25, -0.2) is 23.1 Å². The molecule has 11 heteroatoms. The van der Waals surface area contributed by atoms with Gasteiger partial charge in [0.15, 0.2) is 11.6 Å². The lowest BCUT2D eigenvalue weighted by Crippen LogP contribution is -2.27. The molecular weight excluding hydrogens is 380 g/mol. The van der Waals surface area contributed by atoms with E-state index in [1.807, 2.05) is 4.57 Å². The van der Waals surface area contributed by atoms with Crippen LogP contribution in [-0.4, -0.2) is 50.6 Å². The molecule has 150 valence electrons. The minimum Gasteiger partial charge on any atom is -0.383 e. The number of nitrogens with two attached hydrogens (primary N) is 1. The number of nitrogen functional groups attached to an aromatic ring is 1. The van der Waals surface area contributed by atoms with Gasteiger partial charge < -0.3 is 26.3 Å². The van der Waals surface area contributed by atoms with Gasteiger partial charge in [-0.2, -0.15) is 0 Å². The number of sulfonamides is 1. The summed E-state index contributed by atoms with van der Waals surface area (Å²) >= 11 is 0. The van der Waals surface area contributed by atoms with Gasteiger partial charge in [0.05, 0.1) is 4.90 Å². The highest BCUT2D eigenvalue weighted by Crippen LogP contribution is 2.34. The number of hydrogen-bond donors (Lipinski definition) is 5. The van der Waals surface area contributed by atoms with Crippen molar-refractivity contribution >= 4 is 44.3 Å². The van der Waals surface area contributed by atoms with Gasteiger partial charge in [0.1, 0.15) is 16.7 Å². The van der Waals surface area contributed by atoms with E-state index < -0.39 is 10.0 Å². The lowest BCUT2D eigenvalue weighted by molar-refractivity contribution is 0.575. The van der Waals surface area contributed by atoms with Gasteiger partial charge in [0.2, 0.25) is 16.0 Å². The summed E-state index contributed by atoms with van der Waals surface area (Å²) < 4.78 is 29.4. The van der Waals surface area contributed by atoms with Crippen LogP contribution in [0.4, 0.5) is 23.3 Å². The van der Waals surface area contributed by atoms with Crippen molar-refractivity contribution in [1.29, 1.82) is 0 Å². The SMILES string of the molecule is CNc1nc(N)c2nc(NC)n(CCNS(=O)(=O)c3ccccc3)c2c1NC. The molecule has 3 aromatic rings. The second-order valence-corrected chi connectivity index (χ2v) is 7.73. The fourth-order valence-electron chi connectivity index (χ4n) is 3.03. The topological polar surface area (TPSA) is 139 Å². The van der Waals surface area contributed by atoms with Crippen molar-refractivity contribution in [2.75, 3.05) is 49.4 Å². The molecule has 6 N–H and O–H groups in total. The van der Waals surface area contributed by atoms with E-state index in [0.717, 1.165) is 11.2 Å². The highest BCUT2D eigenvalue weighted by Gasteiger charge is 2.20. The quantitative estimate of drug-likeness (QED) is 0.376. The minimum absolute atomic E-state index is 0.178. The molecule has 3 rings (SSSR count). The smallest absolute Gasteiger partial charge is 0.240 e. The fraction of sp³-hybridized carbons (Fsp3) is 0.294. The van der Waals surface area contributed by atoms with Crippen LogP contribution in [0.3, 0.4) is 0 Å². The van der Waals surface area contributed by atoms with E-state index in [1.165, 1.54) is 0 Å². The summed E-state index contributed by atoms with van der Waals surface area (Å²) in [4.78, 5) is 9.06. The highest BCUT2D eigenvalue weighted by molar-refractivity contribution is 7.89. The van der Waals surface area contributed by atoms with Crippen LogP contribution in [0.1, 0.15) is 0 Å². The minimum atomic E-state index is -3.59. The van der Waals surface area contributed by atoms with Gasteiger partial charge in [0.25, 0.3) is 0 Å². The van der Waals surface area contributed by atoms with Crippen molar-refractivity contribution < 1.29 is 8.42 Å². The van der Waals surface area contributed by atoms with E-state index in [1.54, 1.807) is 51.5 Å². The molecule has 2 heterocycles. The average molecular weight is 405 g/mol. The number of aromatic nitrogens is 3. The van der Waals surface area contributed by atoms with Gasteiger partial charge in [-0.15, -0.1) is 0 Å².